The molecule has 10 nitrogen and oxygen atoms in total. The number of carbonyl (C=O) groups is 4. The van der Waals surface area contributed by atoms with Crippen LogP contribution in [0.5, 0.6) is 0 Å². The average Bonchev–Trinajstić information content (AvgIpc) is 3.29. The molecule has 0 aliphatic heterocycles. The number of para-hydroxylation sites is 1. The first-order chi connectivity index (χ1) is 17.7. The second kappa shape index (κ2) is 12.7. The van der Waals surface area contributed by atoms with Gasteiger partial charge in [-0.1, -0.05) is 62.4 Å². The minimum Gasteiger partial charge on any atom is -0.480 e. The van der Waals surface area contributed by atoms with Gasteiger partial charge in [-0.15, -0.1) is 0 Å². The van der Waals surface area contributed by atoms with Crippen molar-refractivity contribution < 1.29 is 24.3 Å². The van der Waals surface area contributed by atoms with Crippen LogP contribution < -0.4 is 21.7 Å². The van der Waals surface area contributed by atoms with Crippen molar-refractivity contribution in [1.82, 2.24) is 20.9 Å². The number of carbonyl (C=O) groups excluding carboxylic acids is 3. The van der Waals surface area contributed by atoms with Gasteiger partial charge < -0.3 is 31.8 Å². The molecule has 2 aromatic carbocycles. The highest BCUT2D eigenvalue weighted by atomic mass is 16.4. The van der Waals surface area contributed by atoms with Crippen LogP contribution in [0.1, 0.15) is 25.0 Å². The SMILES string of the molecule is CC(C)C(NC(=O)C(Cc1c[nH]c2ccccc12)NC(=O)CN)C(=O)NC(Cc1ccccc1)C(=O)O. The molecule has 3 unspecified atom stereocenters. The van der Waals surface area contributed by atoms with Gasteiger partial charge in [0, 0.05) is 29.9 Å². The van der Waals surface area contributed by atoms with Gasteiger partial charge in [0.25, 0.3) is 0 Å². The van der Waals surface area contributed by atoms with E-state index in [1.807, 2.05) is 30.3 Å². The van der Waals surface area contributed by atoms with Crippen molar-refractivity contribution in [2.75, 3.05) is 6.54 Å². The van der Waals surface area contributed by atoms with Gasteiger partial charge in [-0.05, 0) is 23.1 Å². The molecule has 10 heteroatoms. The summed E-state index contributed by atoms with van der Waals surface area (Å²) in [5, 5.41) is 18.5. The van der Waals surface area contributed by atoms with Crippen LogP contribution in [-0.4, -0.2) is 58.5 Å². The summed E-state index contributed by atoms with van der Waals surface area (Å²) in [6.45, 7) is 3.18. The number of benzene rings is 2. The number of carboxylic acids is 1. The molecule has 3 rings (SSSR count). The topological polar surface area (TPSA) is 166 Å². The van der Waals surface area contributed by atoms with Crippen molar-refractivity contribution >= 4 is 34.6 Å². The Morgan fingerprint density at radius 2 is 1.54 bits per heavy atom. The first-order valence-electron chi connectivity index (χ1n) is 12.1. The van der Waals surface area contributed by atoms with Crippen LogP contribution in [-0.2, 0) is 32.0 Å². The lowest BCUT2D eigenvalue weighted by atomic mass is 9.99. The van der Waals surface area contributed by atoms with Crippen molar-refractivity contribution in [2.24, 2.45) is 11.7 Å². The van der Waals surface area contributed by atoms with E-state index in [-0.39, 0.29) is 25.3 Å². The van der Waals surface area contributed by atoms with E-state index in [1.165, 1.54) is 0 Å². The Labute approximate surface area is 215 Å². The average molecular weight is 508 g/mol. The van der Waals surface area contributed by atoms with Crippen LogP contribution in [0.15, 0.2) is 60.8 Å². The molecule has 1 aromatic heterocycles. The third kappa shape index (κ3) is 7.40. The summed E-state index contributed by atoms with van der Waals surface area (Å²) in [4.78, 5) is 53.5. The Morgan fingerprint density at radius 3 is 2.19 bits per heavy atom. The minimum absolute atomic E-state index is 0.0937. The van der Waals surface area contributed by atoms with E-state index >= 15 is 0 Å². The molecule has 0 aliphatic carbocycles. The molecule has 3 atom stereocenters. The second-order valence-corrected chi connectivity index (χ2v) is 9.21. The molecular formula is C27H33N5O5. The molecule has 196 valence electrons. The molecule has 0 radical (unpaired) electrons. The van der Waals surface area contributed by atoms with E-state index in [4.69, 9.17) is 5.73 Å². The maximum absolute atomic E-state index is 13.3. The Morgan fingerprint density at radius 1 is 0.865 bits per heavy atom. The predicted octanol–water partition coefficient (Wildman–Crippen LogP) is 1.11. The summed E-state index contributed by atoms with van der Waals surface area (Å²) in [5.41, 5.74) is 7.91. The lowest BCUT2D eigenvalue weighted by Gasteiger charge is -2.26. The summed E-state index contributed by atoms with van der Waals surface area (Å²) < 4.78 is 0. The fourth-order valence-electron chi connectivity index (χ4n) is 4.08. The van der Waals surface area contributed by atoms with Crippen LogP contribution >= 0.6 is 0 Å². The number of fused-ring (bicyclic) bond motifs is 1. The fraction of sp³-hybridized carbons (Fsp3) is 0.333. The molecule has 0 saturated heterocycles. The number of aliphatic carboxylic acids is 1. The highest BCUT2D eigenvalue weighted by Crippen LogP contribution is 2.19. The van der Waals surface area contributed by atoms with Gasteiger partial charge in [0.2, 0.25) is 17.7 Å². The van der Waals surface area contributed by atoms with Crippen molar-refractivity contribution in [3.8, 4) is 0 Å². The number of H-pyrrole nitrogens is 1. The Bertz CT molecular complexity index is 1240. The molecule has 7 N–H and O–H groups in total. The van der Waals surface area contributed by atoms with E-state index in [9.17, 15) is 24.3 Å². The number of rotatable bonds is 12. The quantitative estimate of drug-likeness (QED) is 0.215. The number of carboxylic acid groups (broad SMARTS) is 1. The van der Waals surface area contributed by atoms with Gasteiger partial charge in [0.05, 0.1) is 6.54 Å². The molecular weight excluding hydrogens is 474 g/mol. The zero-order chi connectivity index (χ0) is 26.9. The number of aromatic nitrogens is 1. The van der Waals surface area contributed by atoms with Crippen LogP contribution in [0.25, 0.3) is 10.9 Å². The third-order valence-electron chi connectivity index (χ3n) is 6.08. The number of nitrogens with two attached hydrogens (primary N) is 1. The monoisotopic (exact) mass is 507 g/mol. The third-order valence-corrected chi connectivity index (χ3v) is 6.08. The normalized spacial score (nSPS) is 13.5. The molecule has 0 spiro atoms. The van der Waals surface area contributed by atoms with Gasteiger partial charge in [-0.2, -0.15) is 0 Å². The number of hydrogen-bond acceptors (Lipinski definition) is 5. The molecule has 0 aliphatic rings. The maximum Gasteiger partial charge on any atom is 0.326 e. The number of nitrogens with one attached hydrogen (secondary N) is 4. The highest BCUT2D eigenvalue weighted by Gasteiger charge is 2.31. The van der Waals surface area contributed by atoms with Crippen LogP contribution in [0.4, 0.5) is 0 Å². The molecule has 0 fully saturated rings. The van der Waals surface area contributed by atoms with Gasteiger partial charge in [0.15, 0.2) is 0 Å². The Balaban J connectivity index is 1.76. The van der Waals surface area contributed by atoms with Crippen molar-refractivity contribution in [3.63, 3.8) is 0 Å². The van der Waals surface area contributed by atoms with Crippen molar-refractivity contribution in [2.45, 2.75) is 44.8 Å². The van der Waals surface area contributed by atoms with Gasteiger partial charge in [0.1, 0.15) is 18.1 Å². The number of amides is 3. The predicted molar refractivity (Wildman–Crippen MR) is 139 cm³/mol. The summed E-state index contributed by atoms with van der Waals surface area (Å²) in [6, 6.07) is 13.3. The van der Waals surface area contributed by atoms with Gasteiger partial charge >= 0.3 is 5.97 Å². The first-order valence-corrected chi connectivity index (χ1v) is 12.1. The lowest BCUT2D eigenvalue weighted by Crippen LogP contribution is -2.58. The summed E-state index contributed by atoms with van der Waals surface area (Å²) in [6.07, 6.45) is 2.03. The summed E-state index contributed by atoms with van der Waals surface area (Å²) in [7, 11) is 0. The smallest absolute Gasteiger partial charge is 0.326 e. The van der Waals surface area contributed by atoms with Gasteiger partial charge in [-0.3, -0.25) is 14.4 Å². The van der Waals surface area contributed by atoms with E-state index in [2.05, 4.69) is 20.9 Å². The maximum atomic E-state index is 13.3. The van der Waals surface area contributed by atoms with Crippen LogP contribution in [0.3, 0.4) is 0 Å². The first kappa shape index (κ1) is 27.4. The highest BCUT2D eigenvalue weighted by molar-refractivity contribution is 5.94. The fourth-order valence-corrected chi connectivity index (χ4v) is 4.08. The molecule has 3 amide bonds. The molecule has 0 saturated carbocycles. The van der Waals surface area contributed by atoms with E-state index in [1.54, 1.807) is 44.3 Å². The largest absolute Gasteiger partial charge is 0.480 e. The zero-order valence-corrected chi connectivity index (χ0v) is 20.9. The second-order valence-electron chi connectivity index (χ2n) is 9.21. The number of aromatic amines is 1. The zero-order valence-electron chi connectivity index (χ0n) is 20.9. The molecule has 37 heavy (non-hydrogen) atoms. The van der Waals surface area contributed by atoms with Crippen molar-refractivity contribution in [3.05, 3.63) is 71.9 Å². The molecule has 1 heterocycles. The standard InChI is InChI=1S/C27H33N5O5/c1-16(2)24(26(35)31-22(27(36)37)12-17-8-4-3-5-9-17)32-25(34)21(30-23(33)14-28)13-18-15-29-20-11-7-6-10-19(18)20/h3-11,15-16,21-22,24,29H,12-14,28H2,1-2H3,(H,30,33)(H,31,35)(H,32,34)(H,36,37). The van der Waals surface area contributed by atoms with E-state index in [0.29, 0.717) is 0 Å². The van der Waals surface area contributed by atoms with Crippen LogP contribution in [0.2, 0.25) is 0 Å². The van der Waals surface area contributed by atoms with Gasteiger partial charge in [-0.25, -0.2) is 4.79 Å². The Kier molecular flexibility index (Phi) is 9.39. The van der Waals surface area contributed by atoms with E-state index in [0.717, 1.165) is 22.0 Å². The van der Waals surface area contributed by atoms with Crippen molar-refractivity contribution in [1.29, 1.82) is 0 Å². The molecule has 0 bridgehead atoms. The van der Waals surface area contributed by atoms with E-state index < -0.39 is 41.8 Å². The number of hydrogen-bond donors (Lipinski definition) is 6. The summed E-state index contributed by atoms with van der Waals surface area (Å²) >= 11 is 0. The summed E-state index contributed by atoms with van der Waals surface area (Å²) in [5.74, 6) is -3.24. The van der Waals surface area contributed by atoms with Crippen LogP contribution in [0, 0.1) is 5.92 Å². The Hall–Kier alpha value is -4.18. The minimum atomic E-state index is -1.18. The molecule has 3 aromatic rings. The lowest BCUT2D eigenvalue weighted by molar-refractivity contribution is -0.142.